The summed E-state index contributed by atoms with van der Waals surface area (Å²) >= 11 is 5.51. The van der Waals surface area contributed by atoms with Gasteiger partial charge >= 0.3 is 0 Å². The van der Waals surface area contributed by atoms with Gasteiger partial charge in [0.25, 0.3) is 0 Å². The second kappa shape index (κ2) is 7.53. The van der Waals surface area contributed by atoms with Crippen molar-refractivity contribution >= 4 is 34.5 Å². The molecule has 1 fully saturated rings. The summed E-state index contributed by atoms with van der Waals surface area (Å²) < 4.78 is 0. The molecule has 0 atom stereocenters. The Kier molecular flexibility index (Phi) is 5.19. The van der Waals surface area contributed by atoms with E-state index < -0.39 is 0 Å². The van der Waals surface area contributed by atoms with Gasteiger partial charge in [-0.15, -0.1) is 0 Å². The van der Waals surface area contributed by atoms with Crippen LogP contribution in [-0.4, -0.2) is 47.1 Å². The first-order valence-corrected chi connectivity index (χ1v) is 8.65. The predicted octanol–water partition coefficient (Wildman–Crippen LogP) is 3.11. The summed E-state index contributed by atoms with van der Waals surface area (Å²) in [5, 5.41) is 13.8. The second-order valence-electron chi connectivity index (χ2n) is 6.03. The SMILES string of the molecule is CC(=O)c1cccc(NC(=S)N2CCN(c3ccccc3O)CC2)c1. The Hall–Kier alpha value is -2.60. The number of aromatic hydroxyl groups is 1. The van der Waals surface area contributed by atoms with E-state index in [9.17, 15) is 9.90 Å². The molecule has 0 bridgehead atoms. The number of carbonyl (C=O) groups excluding carboxylic acids is 1. The number of ketones is 1. The number of para-hydroxylation sites is 2. The van der Waals surface area contributed by atoms with Crippen LogP contribution in [0.2, 0.25) is 0 Å². The van der Waals surface area contributed by atoms with Crippen LogP contribution in [0.15, 0.2) is 48.5 Å². The van der Waals surface area contributed by atoms with Crippen LogP contribution in [-0.2, 0) is 0 Å². The number of nitrogens with one attached hydrogen (secondary N) is 1. The molecule has 25 heavy (non-hydrogen) atoms. The Bertz CT molecular complexity index is 786. The molecule has 0 unspecified atom stereocenters. The highest BCUT2D eigenvalue weighted by atomic mass is 32.1. The van der Waals surface area contributed by atoms with Crippen molar-refractivity contribution in [3.8, 4) is 5.75 Å². The summed E-state index contributed by atoms with van der Waals surface area (Å²) in [7, 11) is 0. The molecule has 1 aliphatic heterocycles. The highest BCUT2D eigenvalue weighted by molar-refractivity contribution is 7.80. The number of benzene rings is 2. The molecule has 1 aliphatic rings. The van der Waals surface area contributed by atoms with Crippen molar-refractivity contribution in [2.24, 2.45) is 0 Å². The fraction of sp³-hybridized carbons (Fsp3) is 0.263. The van der Waals surface area contributed by atoms with Crippen molar-refractivity contribution in [2.75, 3.05) is 36.4 Å². The Labute approximate surface area is 152 Å². The van der Waals surface area contributed by atoms with E-state index in [2.05, 4.69) is 15.1 Å². The minimum Gasteiger partial charge on any atom is -0.506 e. The van der Waals surface area contributed by atoms with E-state index in [1.54, 1.807) is 19.1 Å². The molecular weight excluding hydrogens is 334 g/mol. The van der Waals surface area contributed by atoms with Crippen LogP contribution in [0.1, 0.15) is 17.3 Å². The summed E-state index contributed by atoms with van der Waals surface area (Å²) in [5.41, 5.74) is 2.34. The number of anilines is 2. The number of carbonyl (C=O) groups is 1. The molecular formula is C19H21N3O2S. The first-order valence-electron chi connectivity index (χ1n) is 8.24. The molecule has 1 saturated heterocycles. The lowest BCUT2D eigenvalue weighted by atomic mass is 10.1. The van der Waals surface area contributed by atoms with Gasteiger partial charge in [-0.1, -0.05) is 24.3 Å². The molecule has 130 valence electrons. The Balaban J connectivity index is 1.59. The summed E-state index contributed by atoms with van der Waals surface area (Å²) in [4.78, 5) is 15.7. The average Bonchev–Trinajstić information content (AvgIpc) is 2.62. The zero-order valence-electron chi connectivity index (χ0n) is 14.1. The second-order valence-corrected chi connectivity index (χ2v) is 6.42. The standard InChI is InChI=1S/C19H21N3O2S/c1-14(23)15-5-4-6-16(13-15)20-19(25)22-11-9-21(10-12-22)17-7-2-3-8-18(17)24/h2-8,13,24H,9-12H2,1H3,(H,20,25). The summed E-state index contributed by atoms with van der Waals surface area (Å²) in [6.45, 7) is 4.66. The third-order valence-electron chi connectivity index (χ3n) is 4.31. The minimum atomic E-state index is 0.0332. The van der Waals surface area contributed by atoms with Crippen LogP contribution in [0.25, 0.3) is 0 Å². The maximum atomic E-state index is 11.5. The fourth-order valence-corrected chi connectivity index (χ4v) is 3.20. The molecule has 0 aliphatic carbocycles. The van der Waals surface area contributed by atoms with Gasteiger partial charge in [0.15, 0.2) is 10.9 Å². The van der Waals surface area contributed by atoms with E-state index in [0.717, 1.165) is 37.6 Å². The van der Waals surface area contributed by atoms with E-state index in [-0.39, 0.29) is 5.78 Å². The average molecular weight is 355 g/mol. The van der Waals surface area contributed by atoms with Gasteiger partial charge in [-0.2, -0.15) is 0 Å². The van der Waals surface area contributed by atoms with Gasteiger partial charge in [0.05, 0.1) is 5.69 Å². The van der Waals surface area contributed by atoms with Crippen LogP contribution < -0.4 is 10.2 Å². The highest BCUT2D eigenvalue weighted by Gasteiger charge is 2.20. The molecule has 5 nitrogen and oxygen atoms in total. The van der Waals surface area contributed by atoms with Crippen molar-refractivity contribution in [3.63, 3.8) is 0 Å². The first kappa shape index (κ1) is 17.2. The van der Waals surface area contributed by atoms with Crippen LogP contribution >= 0.6 is 12.2 Å². The number of rotatable bonds is 3. The van der Waals surface area contributed by atoms with Gasteiger partial charge < -0.3 is 20.2 Å². The lowest BCUT2D eigenvalue weighted by molar-refractivity contribution is 0.101. The normalized spacial score (nSPS) is 14.3. The van der Waals surface area contributed by atoms with Crippen LogP contribution in [0.5, 0.6) is 5.75 Å². The minimum absolute atomic E-state index is 0.0332. The van der Waals surface area contributed by atoms with Gasteiger partial charge in [-0.3, -0.25) is 4.79 Å². The maximum absolute atomic E-state index is 11.5. The number of nitrogens with zero attached hydrogens (tertiary/aromatic N) is 2. The molecule has 0 amide bonds. The zero-order valence-corrected chi connectivity index (χ0v) is 14.9. The van der Waals surface area contributed by atoms with Crippen molar-refractivity contribution in [3.05, 3.63) is 54.1 Å². The largest absolute Gasteiger partial charge is 0.506 e. The van der Waals surface area contributed by atoms with E-state index in [0.29, 0.717) is 16.4 Å². The number of thiocarbonyl (C=S) groups is 1. The van der Waals surface area contributed by atoms with E-state index in [1.165, 1.54) is 0 Å². The van der Waals surface area contributed by atoms with Crippen molar-refractivity contribution < 1.29 is 9.90 Å². The molecule has 0 saturated carbocycles. The van der Waals surface area contributed by atoms with Gasteiger partial charge in [-0.05, 0) is 43.4 Å². The molecule has 6 heteroatoms. The Morgan fingerprint density at radius 2 is 1.80 bits per heavy atom. The van der Waals surface area contributed by atoms with Gasteiger partial charge in [0, 0.05) is 37.4 Å². The summed E-state index contributed by atoms with van der Waals surface area (Å²) in [6, 6.07) is 14.7. The number of Topliss-reactive ketones (excluding diaryl/α,β-unsaturated/α-hetero) is 1. The number of piperazine rings is 1. The van der Waals surface area contributed by atoms with E-state index in [4.69, 9.17) is 12.2 Å². The summed E-state index contributed by atoms with van der Waals surface area (Å²) in [5.74, 6) is 0.337. The van der Waals surface area contributed by atoms with Crippen LogP contribution in [0.3, 0.4) is 0 Å². The lowest BCUT2D eigenvalue weighted by Crippen LogP contribution is -2.50. The number of phenols is 1. The lowest BCUT2D eigenvalue weighted by Gasteiger charge is -2.37. The van der Waals surface area contributed by atoms with Crippen molar-refractivity contribution in [1.29, 1.82) is 0 Å². The van der Waals surface area contributed by atoms with Crippen molar-refractivity contribution in [2.45, 2.75) is 6.92 Å². The molecule has 0 aromatic heterocycles. The number of hydrogen-bond acceptors (Lipinski definition) is 4. The first-order chi connectivity index (χ1) is 12.0. The zero-order chi connectivity index (χ0) is 17.8. The fourth-order valence-electron chi connectivity index (χ4n) is 2.90. The molecule has 2 aromatic rings. The van der Waals surface area contributed by atoms with Gasteiger partial charge in [-0.25, -0.2) is 0 Å². The topological polar surface area (TPSA) is 55.8 Å². The van der Waals surface area contributed by atoms with Crippen molar-refractivity contribution in [1.82, 2.24) is 4.90 Å². The molecule has 3 rings (SSSR count). The molecule has 1 heterocycles. The smallest absolute Gasteiger partial charge is 0.173 e. The number of hydrogen-bond donors (Lipinski definition) is 2. The Morgan fingerprint density at radius 1 is 1.08 bits per heavy atom. The van der Waals surface area contributed by atoms with Gasteiger partial charge in [0.2, 0.25) is 0 Å². The van der Waals surface area contributed by atoms with Crippen LogP contribution in [0, 0.1) is 0 Å². The monoisotopic (exact) mass is 355 g/mol. The molecule has 0 radical (unpaired) electrons. The third kappa shape index (κ3) is 4.09. The Morgan fingerprint density at radius 3 is 2.48 bits per heavy atom. The third-order valence-corrected chi connectivity index (χ3v) is 4.67. The van der Waals surface area contributed by atoms with E-state index in [1.807, 2.05) is 36.4 Å². The number of phenolic OH excluding ortho intramolecular Hbond substituents is 1. The molecule has 0 spiro atoms. The quantitative estimate of drug-likeness (QED) is 0.652. The molecule has 2 aromatic carbocycles. The van der Waals surface area contributed by atoms with E-state index >= 15 is 0 Å². The van der Waals surface area contributed by atoms with Crippen LogP contribution in [0.4, 0.5) is 11.4 Å². The summed E-state index contributed by atoms with van der Waals surface area (Å²) in [6.07, 6.45) is 0. The van der Waals surface area contributed by atoms with Gasteiger partial charge in [0.1, 0.15) is 5.75 Å². The maximum Gasteiger partial charge on any atom is 0.173 e. The highest BCUT2D eigenvalue weighted by Crippen LogP contribution is 2.27. The predicted molar refractivity (Wildman–Crippen MR) is 105 cm³/mol. The molecule has 2 N–H and O–H groups in total.